The standard InChI is InChI=1S/C19H25FN4O2/c1-12-5-6-15(11-16(12)20)17-21-18(26-22-17)13(2)24-9-7-14(8-10-24)19(25)23(3)4/h5-6,11,13-14H,7-10H2,1-4H3. The molecule has 140 valence electrons. The monoisotopic (exact) mass is 360 g/mol. The largest absolute Gasteiger partial charge is 0.349 e. The number of nitrogens with zero attached hydrogens (tertiary/aromatic N) is 4. The molecule has 1 amide bonds. The molecule has 0 radical (unpaired) electrons. The minimum atomic E-state index is -0.283. The van der Waals surface area contributed by atoms with Crippen molar-refractivity contribution in [3.63, 3.8) is 0 Å². The van der Waals surface area contributed by atoms with Gasteiger partial charge in [0, 0.05) is 25.6 Å². The van der Waals surface area contributed by atoms with Crippen molar-refractivity contribution in [1.82, 2.24) is 19.9 Å². The number of hydrogen-bond donors (Lipinski definition) is 0. The van der Waals surface area contributed by atoms with Gasteiger partial charge in [-0.1, -0.05) is 17.3 Å². The number of aryl methyl sites for hydroxylation is 1. The third-order valence-electron chi connectivity index (χ3n) is 5.10. The number of carbonyl (C=O) groups is 1. The summed E-state index contributed by atoms with van der Waals surface area (Å²) in [5.41, 5.74) is 1.19. The number of hydrogen-bond acceptors (Lipinski definition) is 5. The fraction of sp³-hybridized carbons (Fsp3) is 0.526. The van der Waals surface area contributed by atoms with Crippen LogP contribution in [0.5, 0.6) is 0 Å². The molecule has 0 saturated carbocycles. The van der Waals surface area contributed by atoms with E-state index in [-0.39, 0.29) is 23.7 Å². The van der Waals surface area contributed by atoms with Gasteiger partial charge in [0.1, 0.15) is 5.82 Å². The first-order valence-electron chi connectivity index (χ1n) is 8.92. The van der Waals surface area contributed by atoms with E-state index in [0.29, 0.717) is 22.8 Å². The number of benzene rings is 1. The second-order valence-electron chi connectivity index (χ2n) is 7.14. The average Bonchev–Trinajstić information content (AvgIpc) is 3.13. The Kier molecular flexibility index (Phi) is 5.36. The van der Waals surface area contributed by atoms with E-state index in [0.717, 1.165) is 25.9 Å². The Morgan fingerprint density at radius 2 is 2.04 bits per heavy atom. The summed E-state index contributed by atoms with van der Waals surface area (Å²) in [5.74, 6) is 0.900. The molecule has 1 unspecified atom stereocenters. The van der Waals surface area contributed by atoms with E-state index in [2.05, 4.69) is 15.0 Å². The lowest BCUT2D eigenvalue weighted by molar-refractivity contribution is -0.134. The summed E-state index contributed by atoms with van der Waals surface area (Å²) in [7, 11) is 3.59. The van der Waals surface area contributed by atoms with Crippen molar-refractivity contribution in [2.45, 2.75) is 32.7 Å². The first kappa shape index (κ1) is 18.5. The zero-order valence-corrected chi connectivity index (χ0v) is 15.7. The Morgan fingerprint density at radius 1 is 1.35 bits per heavy atom. The van der Waals surface area contributed by atoms with Crippen LogP contribution in [0, 0.1) is 18.7 Å². The average molecular weight is 360 g/mol. The number of carbonyl (C=O) groups excluding carboxylic acids is 1. The summed E-state index contributed by atoms with van der Waals surface area (Å²) in [5, 5.41) is 4.00. The fourth-order valence-corrected chi connectivity index (χ4v) is 3.31. The molecular formula is C19H25FN4O2. The molecule has 0 N–H and O–H groups in total. The molecule has 6 nitrogen and oxygen atoms in total. The van der Waals surface area contributed by atoms with E-state index in [4.69, 9.17) is 4.52 Å². The molecule has 7 heteroatoms. The van der Waals surface area contributed by atoms with Gasteiger partial charge in [0.25, 0.3) is 0 Å². The minimum Gasteiger partial charge on any atom is -0.349 e. The lowest BCUT2D eigenvalue weighted by Gasteiger charge is -2.34. The van der Waals surface area contributed by atoms with Crippen molar-refractivity contribution in [1.29, 1.82) is 0 Å². The molecule has 1 saturated heterocycles. The zero-order valence-electron chi connectivity index (χ0n) is 15.7. The summed E-state index contributed by atoms with van der Waals surface area (Å²) in [6.45, 7) is 5.35. The molecule has 26 heavy (non-hydrogen) atoms. The topological polar surface area (TPSA) is 62.5 Å². The number of likely N-dealkylation sites (tertiary alicyclic amines) is 1. The van der Waals surface area contributed by atoms with Gasteiger partial charge >= 0.3 is 0 Å². The van der Waals surface area contributed by atoms with E-state index in [1.165, 1.54) is 6.07 Å². The van der Waals surface area contributed by atoms with Crippen molar-refractivity contribution < 1.29 is 13.7 Å². The molecule has 1 aromatic heterocycles. The van der Waals surface area contributed by atoms with Crippen LogP contribution >= 0.6 is 0 Å². The molecule has 3 rings (SSSR count). The van der Waals surface area contributed by atoms with Gasteiger partial charge in [-0.25, -0.2) is 4.39 Å². The summed E-state index contributed by atoms with van der Waals surface area (Å²) in [6, 6.07) is 4.88. The maximum atomic E-state index is 13.8. The molecule has 2 aromatic rings. The van der Waals surface area contributed by atoms with Crippen molar-refractivity contribution in [3.8, 4) is 11.4 Å². The van der Waals surface area contributed by atoms with E-state index in [9.17, 15) is 9.18 Å². The number of amides is 1. The summed E-state index contributed by atoms with van der Waals surface area (Å²) in [6.07, 6.45) is 1.65. The van der Waals surface area contributed by atoms with Crippen LogP contribution in [-0.2, 0) is 4.79 Å². The number of halogens is 1. The maximum absolute atomic E-state index is 13.8. The second-order valence-corrected chi connectivity index (χ2v) is 7.14. The van der Waals surface area contributed by atoms with Gasteiger partial charge in [-0.2, -0.15) is 4.98 Å². The minimum absolute atomic E-state index is 0.0399. The van der Waals surface area contributed by atoms with Gasteiger partial charge in [0.2, 0.25) is 17.6 Å². The zero-order chi connectivity index (χ0) is 18.8. The first-order chi connectivity index (χ1) is 12.4. The molecule has 1 aliphatic rings. The molecule has 1 aromatic carbocycles. The van der Waals surface area contributed by atoms with Crippen LogP contribution in [-0.4, -0.2) is 53.0 Å². The summed E-state index contributed by atoms with van der Waals surface area (Å²) in [4.78, 5) is 20.4. The highest BCUT2D eigenvalue weighted by Gasteiger charge is 2.30. The number of rotatable bonds is 4. The second kappa shape index (κ2) is 7.53. The van der Waals surface area contributed by atoms with Crippen LogP contribution in [0.3, 0.4) is 0 Å². The van der Waals surface area contributed by atoms with Crippen molar-refractivity contribution in [3.05, 3.63) is 35.5 Å². The van der Waals surface area contributed by atoms with Gasteiger partial charge < -0.3 is 9.42 Å². The predicted octanol–water partition coefficient (Wildman–Crippen LogP) is 3.05. The lowest BCUT2D eigenvalue weighted by atomic mass is 9.94. The summed E-state index contributed by atoms with van der Waals surface area (Å²) < 4.78 is 19.2. The van der Waals surface area contributed by atoms with Crippen molar-refractivity contribution >= 4 is 5.91 Å². The van der Waals surface area contributed by atoms with E-state index in [1.807, 2.05) is 6.92 Å². The maximum Gasteiger partial charge on any atom is 0.244 e. The normalized spacial score (nSPS) is 17.3. The first-order valence-corrected chi connectivity index (χ1v) is 8.92. The van der Waals surface area contributed by atoms with Gasteiger partial charge in [0.15, 0.2) is 0 Å². The Balaban J connectivity index is 1.66. The van der Waals surface area contributed by atoms with E-state index < -0.39 is 0 Å². The van der Waals surface area contributed by atoms with Crippen molar-refractivity contribution in [2.24, 2.45) is 5.92 Å². The predicted molar refractivity (Wildman–Crippen MR) is 95.8 cm³/mol. The van der Waals surface area contributed by atoms with Crippen molar-refractivity contribution in [2.75, 3.05) is 27.2 Å². The molecule has 0 aliphatic carbocycles. The van der Waals surface area contributed by atoms with E-state index >= 15 is 0 Å². The van der Waals surface area contributed by atoms with Crippen LogP contribution in [0.4, 0.5) is 4.39 Å². The molecule has 0 spiro atoms. The van der Waals surface area contributed by atoms with Gasteiger partial charge in [-0.05, 0) is 51.4 Å². The quantitative estimate of drug-likeness (QED) is 0.839. The third kappa shape index (κ3) is 3.77. The molecule has 1 aliphatic heterocycles. The number of aromatic nitrogens is 2. The van der Waals surface area contributed by atoms with E-state index in [1.54, 1.807) is 38.1 Å². The molecule has 1 atom stereocenters. The molecule has 0 bridgehead atoms. The molecule has 1 fully saturated rings. The molecule has 2 heterocycles. The smallest absolute Gasteiger partial charge is 0.244 e. The Bertz CT molecular complexity index is 782. The summed E-state index contributed by atoms with van der Waals surface area (Å²) >= 11 is 0. The third-order valence-corrected chi connectivity index (χ3v) is 5.10. The van der Waals surface area contributed by atoms with Crippen LogP contribution in [0.25, 0.3) is 11.4 Å². The lowest BCUT2D eigenvalue weighted by Crippen LogP contribution is -2.41. The molecular weight excluding hydrogens is 335 g/mol. The highest BCUT2D eigenvalue weighted by Crippen LogP contribution is 2.28. The van der Waals surface area contributed by atoms with Gasteiger partial charge in [-0.15, -0.1) is 0 Å². The van der Waals surface area contributed by atoms with Crippen LogP contribution in [0.2, 0.25) is 0 Å². The van der Waals surface area contributed by atoms with Crippen LogP contribution in [0.1, 0.15) is 37.3 Å². The number of piperidine rings is 1. The highest BCUT2D eigenvalue weighted by molar-refractivity contribution is 5.78. The van der Waals surface area contributed by atoms with Crippen LogP contribution in [0.15, 0.2) is 22.7 Å². The SMILES string of the molecule is Cc1ccc(-c2noc(C(C)N3CCC(C(=O)N(C)C)CC3)n2)cc1F. The Hall–Kier alpha value is -2.28. The van der Waals surface area contributed by atoms with Gasteiger partial charge in [-0.3, -0.25) is 9.69 Å². The van der Waals surface area contributed by atoms with Gasteiger partial charge in [0.05, 0.1) is 6.04 Å². The Labute approximate surface area is 153 Å². The fourth-order valence-electron chi connectivity index (χ4n) is 3.31. The Morgan fingerprint density at radius 3 is 2.65 bits per heavy atom. The highest BCUT2D eigenvalue weighted by atomic mass is 19.1. The van der Waals surface area contributed by atoms with Crippen LogP contribution < -0.4 is 0 Å².